The Morgan fingerprint density at radius 2 is 1.35 bits per heavy atom. The van der Waals surface area contributed by atoms with E-state index >= 15 is 0 Å². The van der Waals surface area contributed by atoms with E-state index in [-0.39, 0.29) is 5.82 Å². The molecule has 34 heavy (non-hydrogen) atoms. The van der Waals surface area contributed by atoms with Crippen LogP contribution >= 0.6 is 0 Å². The van der Waals surface area contributed by atoms with E-state index in [1.807, 2.05) is 36.4 Å². The van der Waals surface area contributed by atoms with E-state index < -0.39 is 0 Å². The summed E-state index contributed by atoms with van der Waals surface area (Å²) in [5, 5.41) is 0. The summed E-state index contributed by atoms with van der Waals surface area (Å²) >= 11 is 0. The predicted molar refractivity (Wildman–Crippen MR) is 138 cm³/mol. The third-order valence-electron chi connectivity index (χ3n) is 6.76. The third kappa shape index (κ3) is 10.1. The molecule has 3 nitrogen and oxygen atoms in total. The molecule has 4 heteroatoms. The van der Waals surface area contributed by atoms with Gasteiger partial charge in [-0.2, -0.15) is 0 Å². The number of halogens is 1. The molecule has 0 atom stereocenters. The highest BCUT2D eigenvalue weighted by atomic mass is 19.1. The molecule has 1 heterocycles. The number of benzene rings is 2. The van der Waals surface area contributed by atoms with E-state index in [1.165, 1.54) is 51.4 Å². The van der Waals surface area contributed by atoms with Gasteiger partial charge < -0.3 is 14.2 Å². The molecule has 1 aliphatic heterocycles. The minimum absolute atomic E-state index is 0.163. The van der Waals surface area contributed by atoms with Crippen molar-refractivity contribution in [1.82, 2.24) is 0 Å². The van der Waals surface area contributed by atoms with E-state index in [0.717, 1.165) is 75.1 Å². The average Bonchev–Trinajstić information content (AvgIpc) is 2.87. The molecule has 1 fully saturated rings. The number of unbranched alkanes of at least 4 members (excludes halogenated alkanes) is 8. The van der Waals surface area contributed by atoms with Crippen molar-refractivity contribution in [3.05, 3.63) is 53.8 Å². The number of ether oxygens (including phenoxy) is 3. The standard InChI is InChI=1S/C30H43FO3/c1-25-11-12-28(23-30(25)31)27-13-15-29(16-14-27)34-20-10-8-6-4-2-3-5-7-9-19-33-24-26-17-21-32-22-18-26/h11-16,23,26H,2-10,17-22,24H2,1H3. The van der Waals surface area contributed by atoms with E-state index in [4.69, 9.17) is 14.2 Å². The van der Waals surface area contributed by atoms with Crippen LogP contribution in [-0.2, 0) is 9.47 Å². The van der Waals surface area contributed by atoms with Gasteiger partial charge >= 0.3 is 0 Å². The Morgan fingerprint density at radius 3 is 2.00 bits per heavy atom. The Morgan fingerprint density at radius 1 is 0.765 bits per heavy atom. The molecular formula is C30H43FO3. The second-order valence-electron chi connectivity index (χ2n) is 9.65. The topological polar surface area (TPSA) is 27.7 Å². The van der Waals surface area contributed by atoms with Crippen LogP contribution in [0.15, 0.2) is 42.5 Å². The first-order valence-electron chi connectivity index (χ1n) is 13.4. The fourth-order valence-corrected chi connectivity index (χ4v) is 4.41. The number of aryl methyl sites for hydroxylation is 1. The molecule has 0 bridgehead atoms. The van der Waals surface area contributed by atoms with Gasteiger partial charge in [0.15, 0.2) is 0 Å². The van der Waals surface area contributed by atoms with Crippen LogP contribution in [-0.4, -0.2) is 33.0 Å². The lowest BCUT2D eigenvalue weighted by Gasteiger charge is -2.21. The zero-order valence-electron chi connectivity index (χ0n) is 21.0. The molecule has 3 rings (SSSR count). The molecule has 0 radical (unpaired) electrons. The van der Waals surface area contributed by atoms with Crippen LogP contribution in [0, 0.1) is 18.7 Å². The van der Waals surface area contributed by atoms with Gasteiger partial charge in [0.2, 0.25) is 0 Å². The van der Waals surface area contributed by atoms with Crippen LogP contribution in [0.1, 0.15) is 76.2 Å². The van der Waals surface area contributed by atoms with Crippen molar-refractivity contribution in [3.8, 4) is 16.9 Å². The van der Waals surface area contributed by atoms with Crippen molar-refractivity contribution in [3.63, 3.8) is 0 Å². The van der Waals surface area contributed by atoms with E-state index in [1.54, 1.807) is 13.0 Å². The molecule has 0 saturated carbocycles. The van der Waals surface area contributed by atoms with Crippen LogP contribution in [0.3, 0.4) is 0 Å². The van der Waals surface area contributed by atoms with Gasteiger partial charge in [-0.05, 0) is 73.4 Å². The predicted octanol–water partition coefficient (Wildman–Crippen LogP) is 8.13. The van der Waals surface area contributed by atoms with Gasteiger partial charge in [-0.15, -0.1) is 0 Å². The van der Waals surface area contributed by atoms with Crippen molar-refractivity contribution >= 4 is 0 Å². The van der Waals surface area contributed by atoms with Gasteiger partial charge in [0.05, 0.1) is 6.61 Å². The van der Waals surface area contributed by atoms with Gasteiger partial charge in [0.1, 0.15) is 11.6 Å². The minimum Gasteiger partial charge on any atom is -0.494 e. The molecular weight excluding hydrogens is 427 g/mol. The summed E-state index contributed by atoms with van der Waals surface area (Å²) in [6.45, 7) is 6.20. The first-order chi connectivity index (χ1) is 16.7. The molecule has 2 aromatic carbocycles. The molecule has 0 unspecified atom stereocenters. The van der Waals surface area contributed by atoms with Crippen molar-refractivity contribution in [2.75, 3.05) is 33.0 Å². The summed E-state index contributed by atoms with van der Waals surface area (Å²) in [6, 6.07) is 13.3. The highest BCUT2D eigenvalue weighted by Crippen LogP contribution is 2.24. The van der Waals surface area contributed by atoms with E-state index in [0.29, 0.717) is 5.56 Å². The Labute approximate surface area is 206 Å². The largest absolute Gasteiger partial charge is 0.494 e. The molecule has 188 valence electrons. The smallest absolute Gasteiger partial charge is 0.126 e. The Bertz CT molecular complexity index is 799. The summed E-state index contributed by atoms with van der Waals surface area (Å²) in [5.41, 5.74) is 2.58. The van der Waals surface area contributed by atoms with Gasteiger partial charge in [-0.25, -0.2) is 4.39 Å². The SMILES string of the molecule is Cc1ccc(-c2ccc(OCCCCCCCCCCCOCC3CCOCC3)cc2)cc1F. The maximum Gasteiger partial charge on any atom is 0.126 e. The molecule has 1 aliphatic rings. The third-order valence-corrected chi connectivity index (χ3v) is 6.76. The minimum atomic E-state index is -0.163. The fraction of sp³-hybridized carbons (Fsp3) is 0.600. The zero-order chi connectivity index (χ0) is 23.8. The zero-order valence-corrected chi connectivity index (χ0v) is 21.0. The van der Waals surface area contributed by atoms with E-state index in [9.17, 15) is 4.39 Å². The molecule has 0 N–H and O–H groups in total. The quantitative estimate of drug-likeness (QED) is 0.232. The second kappa shape index (κ2) is 15.9. The summed E-state index contributed by atoms with van der Waals surface area (Å²) in [7, 11) is 0. The van der Waals surface area contributed by atoms with E-state index in [2.05, 4.69) is 0 Å². The average molecular weight is 471 g/mol. The molecule has 0 spiro atoms. The lowest BCUT2D eigenvalue weighted by atomic mass is 10.0. The maximum atomic E-state index is 13.8. The first-order valence-corrected chi connectivity index (χ1v) is 13.4. The number of hydrogen-bond acceptors (Lipinski definition) is 3. The highest BCUT2D eigenvalue weighted by Gasteiger charge is 2.13. The Kier molecular flexibility index (Phi) is 12.5. The van der Waals surface area contributed by atoms with Crippen molar-refractivity contribution in [1.29, 1.82) is 0 Å². The summed E-state index contributed by atoms with van der Waals surface area (Å²) in [4.78, 5) is 0. The van der Waals surface area contributed by atoms with Crippen molar-refractivity contribution < 1.29 is 18.6 Å². The van der Waals surface area contributed by atoms with Crippen LogP contribution in [0.5, 0.6) is 5.75 Å². The van der Waals surface area contributed by atoms with Crippen LogP contribution in [0.25, 0.3) is 11.1 Å². The number of hydrogen-bond donors (Lipinski definition) is 0. The molecule has 0 aromatic heterocycles. The van der Waals surface area contributed by atoms with Crippen LogP contribution < -0.4 is 4.74 Å². The lowest BCUT2D eigenvalue weighted by Crippen LogP contribution is -2.20. The first kappa shape index (κ1) is 26.7. The molecule has 2 aromatic rings. The second-order valence-corrected chi connectivity index (χ2v) is 9.65. The molecule has 0 aliphatic carbocycles. The summed E-state index contributed by atoms with van der Waals surface area (Å²) in [5.74, 6) is 1.44. The highest BCUT2D eigenvalue weighted by molar-refractivity contribution is 5.64. The van der Waals surface area contributed by atoms with Crippen LogP contribution in [0.2, 0.25) is 0 Å². The monoisotopic (exact) mass is 470 g/mol. The van der Waals surface area contributed by atoms with Gasteiger partial charge in [-0.1, -0.05) is 69.2 Å². The Hall–Kier alpha value is -1.91. The summed E-state index contributed by atoms with van der Waals surface area (Å²) < 4.78 is 30.9. The maximum absolute atomic E-state index is 13.8. The van der Waals surface area contributed by atoms with Crippen molar-refractivity contribution in [2.24, 2.45) is 5.92 Å². The molecule has 1 saturated heterocycles. The number of rotatable bonds is 16. The Balaban J connectivity index is 1.11. The lowest BCUT2D eigenvalue weighted by molar-refractivity contribution is 0.0198. The molecule has 0 amide bonds. The van der Waals surface area contributed by atoms with Gasteiger partial charge in [0.25, 0.3) is 0 Å². The van der Waals surface area contributed by atoms with Crippen LogP contribution in [0.4, 0.5) is 4.39 Å². The van der Waals surface area contributed by atoms with Gasteiger partial charge in [-0.3, -0.25) is 0 Å². The summed E-state index contributed by atoms with van der Waals surface area (Å²) in [6.07, 6.45) is 13.7. The van der Waals surface area contributed by atoms with Crippen molar-refractivity contribution in [2.45, 2.75) is 77.6 Å². The van der Waals surface area contributed by atoms with Gasteiger partial charge in [0, 0.05) is 26.4 Å². The normalized spacial score (nSPS) is 14.4. The fourth-order valence-electron chi connectivity index (χ4n) is 4.41.